The van der Waals surface area contributed by atoms with E-state index in [4.69, 9.17) is 13.6 Å². The van der Waals surface area contributed by atoms with E-state index in [9.17, 15) is 13.2 Å². The molecule has 1 saturated heterocycles. The molecule has 0 saturated carbocycles. The summed E-state index contributed by atoms with van der Waals surface area (Å²) in [6.07, 6.45) is 1.55. The van der Waals surface area contributed by atoms with Crippen LogP contribution in [0.1, 0.15) is 18.7 Å². The van der Waals surface area contributed by atoms with Crippen molar-refractivity contribution >= 4 is 27.7 Å². The van der Waals surface area contributed by atoms with E-state index in [1.165, 1.54) is 16.4 Å². The third kappa shape index (κ3) is 5.21. The van der Waals surface area contributed by atoms with Gasteiger partial charge in [-0.15, -0.1) is 10.2 Å². The lowest BCUT2D eigenvalue weighted by atomic mass is 10.2. The van der Waals surface area contributed by atoms with Gasteiger partial charge in [0.05, 0.1) is 36.2 Å². The molecule has 4 rings (SSSR count). The molecule has 2 aromatic heterocycles. The van der Waals surface area contributed by atoms with Crippen molar-refractivity contribution in [2.45, 2.75) is 23.1 Å². The van der Waals surface area contributed by atoms with Crippen LogP contribution in [0.15, 0.2) is 61.6 Å². The highest BCUT2D eigenvalue weighted by Crippen LogP contribution is 2.26. The van der Waals surface area contributed by atoms with Gasteiger partial charge in [-0.3, -0.25) is 4.79 Å². The Hall–Kier alpha value is -2.67. The summed E-state index contributed by atoms with van der Waals surface area (Å²) in [6.45, 7) is 3.20. The quantitative estimate of drug-likeness (QED) is 0.485. The van der Waals surface area contributed by atoms with Crippen LogP contribution in [0.5, 0.6) is 0 Å². The summed E-state index contributed by atoms with van der Waals surface area (Å²) in [6, 6.07) is 9.65. The molecule has 0 aliphatic carbocycles. The van der Waals surface area contributed by atoms with E-state index in [1.807, 2.05) is 6.92 Å². The number of amides is 1. The molecule has 1 aromatic carbocycles. The largest absolute Gasteiger partial charge is 0.467 e. The van der Waals surface area contributed by atoms with E-state index < -0.39 is 10.0 Å². The fraction of sp³-hybridized carbons (Fsp3) is 0.350. The molecule has 3 heterocycles. The van der Waals surface area contributed by atoms with E-state index in [0.717, 1.165) is 11.8 Å². The number of aromatic nitrogens is 2. The lowest BCUT2D eigenvalue weighted by Gasteiger charge is -2.26. The maximum atomic E-state index is 12.9. The van der Waals surface area contributed by atoms with Gasteiger partial charge < -0.3 is 18.9 Å². The van der Waals surface area contributed by atoms with E-state index in [-0.39, 0.29) is 33.7 Å². The summed E-state index contributed by atoms with van der Waals surface area (Å²) in [5.74, 6) is 0.710. The Labute approximate surface area is 189 Å². The summed E-state index contributed by atoms with van der Waals surface area (Å²) in [4.78, 5) is 12.3. The standard InChI is InChI=1S/C20H22N4O6S2/c1-14(17-6-3-9-29-17)21-18(25)13-31-20-23-22-19(30-20)15-4-2-5-16(12-15)32(26,27)24-7-10-28-11-8-24/h2-6,9,12,14H,7-8,10-11,13H2,1H3,(H,21,25)/t14-/m0/s1. The van der Waals surface area contributed by atoms with Crippen molar-refractivity contribution in [2.75, 3.05) is 32.1 Å². The number of sulfonamides is 1. The van der Waals surface area contributed by atoms with Crippen LogP contribution in [0.4, 0.5) is 0 Å². The predicted molar refractivity (Wildman–Crippen MR) is 115 cm³/mol. The molecule has 10 nitrogen and oxygen atoms in total. The third-order valence-corrected chi connectivity index (χ3v) is 7.48. The molecule has 3 aromatic rings. The predicted octanol–water partition coefficient (Wildman–Crippen LogP) is 2.32. The molecule has 32 heavy (non-hydrogen) atoms. The van der Waals surface area contributed by atoms with Crippen LogP contribution in [-0.2, 0) is 19.6 Å². The Bertz CT molecular complexity index is 1160. The molecule has 170 valence electrons. The van der Waals surface area contributed by atoms with Crippen LogP contribution < -0.4 is 5.32 Å². The zero-order chi connectivity index (χ0) is 22.6. The van der Waals surface area contributed by atoms with Gasteiger partial charge >= 0.3 is 0 Å². The first-order valence-electron chi connectivity index (χ1n) is 9.91. The number of benzene rings is 1. The summed E-state index contributed by atoms with van der Waals surface area (Å²) in [5.41, 5.74) is 0.481. The smallest absolute Gasteiger partial charge is 0.277 e. The minimum Gasteiger partial charge on any atom is -0.467 e. The second kappa shape index (κ2) is 9.86. The van der Waals surface area contributed by atoms with E-state index in [1.54, 1.807) is 30.5 Å². The number of hydrogen-bond acceptors (Lipinski definition) is 9. The number of rotatable bonds is 8. The molecule has 0 spiro atoms. The van der Waals surface area contributed by atoms with Gasteiger partial charge in [0, 0.05) is 18.7 Å². The number of morpholine rings is 1. The summed E-state index contributed by atoms with van der Waals surface area (Å²) < 4.78 is 43.3. The minimum absolute atomic E-state index is 0.0815. The lowest BCUT2D eigenvalue weighted by molar-refractivity contribution is -0.119. The van der Waals surface area contributed by atoms with Gasteiger partial charge in [0.15, 0.2) is 0 Å². The zero-order valence-electron chi connectivity index (χ0n) is 17.3. The van der Waals surface area contributed by atoms with Crippen molar-refractivity contribution in [1.82, 2.24) is 19.8 Å². The van der Waals surface area contributed by atoms with Crippen LogP contribution in [0.25, 0.3) is 11.5 Å². The lowest BCUT2D eigenvalue weighted by Crippen LogP contribution is -2.40. The Kier molecular flexibility index (Phi) is 6.94. The molecular formula is C20H22N4O6S2. The average Bonchev–Trinajstić information content (AvgIpc) is 3.51. The second-order valence-electron chi connectivity index (χ2n) is 7.01. The molecule has 1 amide bonds. The molecule has 1 fully saturated rings. The van der Waals surface area contributed by atoms with Gasteiger partial charge in [0.1, 0.15) is 5.76 Å². The highest BCUT2D eigenvalue weighted by atomic mass is 32.2. The zero-order valence-corrected chi connectivity index (χ0v) is 18.9. The van der Waals surface area contributed by atoms with Gasteiger partial charge in [-0.2, -0.15) is 4.31 Å². The Balaban J connectivity index is 1.39. The summed E-state index contributed by atoms with van der Waals surface area (Å²) in [5, 5.41) is 11.0. The van der Waals surface area contributed by atoms with Crippen molar-refractivity contribution in [3.05, 3.63) is 48.4 Å². The average molecular weight is 479 g/mol. The second-order valence-corrected chi connectivity index (χ2v) is 9.88. The highest BCUT2D eigenvalue weighted by molar-refractivity contribution is 7.99. The SMILES string of the molecule is C[C@H](NC(=O)CSc1nnc(-c2cccc(S(=O)(=O)N3CCOCC3)c2)o1)c1ccco1. The fourth-order valence-corrected chi connectivity index (χ4v) is 5.16. The first-order chi connectivity index (χ1) is 15.4. The van der Waals surface area contributed by atoms with E-state index in [2.05, 4.69) is 15.5 Å². The monoisotopic (exact) mass is 478 g/mol. The first-order valence-corrected chi connectivity index (χ1v) is 12.3. The highest BCUT2D eigenvalue weighted by Gasteiger charge is 2.27. The van der Waals surface area contributed by atoms with Crippen LogP contribution in [0, 0.1) is 0 Å². The van der Waals surface area contributed by atoms with Crippen molar-refractivity contribution in [3.8, 4) is 11.5 Å². The molecule has 12 heteroatoms. The summed E-state index contributed by atoms with van der Waals surface area (Å²) in [7, 11) is -3.64. The number of furan rings is 1. The van der Waals surface area contributed by atoms with Gasteiger partial charge in [-0.05, 0) is 37.3 Å². The number of carbonyl (C=O) groups excluding carboxylic acids is 1. The van der Waals surface area contributed by atoms with Gasteiger partial charge in [-0.1, -0.05) is 17.8 Å². The third-order valence-electron chi connectivity index (χ3n) is 4.77. The fourth-order valence-electron chi connectivity index (χ4n) is 3.13. The summed E-state index contributed by atoms with van der Waals surface area (Å²) >= 11 is 1.09. The molecule has 0 radical (unpaired) electrons. The Morgan fingerprint density at radius 1 is 1.22 bits per heavy atom. The topological polar surface area (TPSA) is 128 Å². The van der Waals surface area contributed by atoms with Crippen LogP contribution in [-0.4, -0.2) is 60.9 Å². The Morgan fingerprint density at radius 2 is 2.03 bits per heavy atom. The van der Waals surface area contributed by atoms with Crippen molar-refractivity contribution < 1.29 is 26.8 Å². The van der Waals surface area contributed by atoms with Gasteiger partial charge in [0.2, 0.25) is 21.8 Å². The number of carbonyl (C=O) groups is 1. The van der Waals surface area contributed by atoms with E-state index in [0.29, 0.717) is 37.6 Å². The van der Waals surface area contributed by atoms with Crippen LogP contribution in [0.3, 0.4) is 0 Å². The molecule has 1 atom stereocenters. The van der Waals surface area contributed by atoms with Crippen LogP contribution in [0.2, 0.25) is 0 Å². The molecule has 0 unspecified atom stereocenters. The number of hydrogen-bond donors (Lipinski definition) is 1. The maximum Gasteiger partial charge on any atom is 0.277 e. The van der Waals surface area contributed by atoms with Gasteiger partial charge in [0.25, 0.3) is 5.22 Å². The number of nitrogens with zero attached hydrogens (tertiary/aromatic N) is 3. The first kappa shape index (κ1) is 22.5. The van der Waals surface area contributed by atoms with Crippen molar-refractivity contribution in [2.24, 2.45) is 0 Å². The number of ether oxygens (including phenoxy) is 1. The van der Waals surface area contributed by atoms with Crippen molar-refractivity contribution in [1.29, 1.82) is 0 Å². The molecule has 1 aliphatic rings. The van der Waals surface area contributed by atoms with E-state index >= 15 is 0 Å². The number of thioether (sulfide) groups is 1. The normalized spacial score (nSPS) is 16.0. The maximum absolute atomic E-state index is 12.9. The molecule has 1 aliphatic heterocycles. The Morgan fingerprint density at radius 3 is 2.78 bits per heavy atom. The molecular weight excluding hydrogens is 456 g/mol. The molecule has 1 N–H and O–H groups in total. The van der Waals surface area contributed by atoms with Crippen LogP contribution >= 0.6 is 11.8 Å². The van der Waals surface area contributed by atoms with Gasteiger partial charge in [-0.25, -0.2) is 8.42 Å². The number of nitrogens with one attached hydrogen (secondary N) is 1. The molecule has 0 bridgehead atoms. The van der Waals surface area contributed by atoms with Crippen molar-refractivity contribution in [3.63, 3.8) is 0 Å². The minimum atomic E-state index is -3.64.